The van der Waals surface area contributed by atoms with E-state index in [1.54, 1.807) is 18.2 Å². The Morgan fingerprint density at radius 2 is 1.53 bits per heavy atom. The number of rotatable bonds is 12. The smallest absolute Gasteiger partial charge is 0.244 e. The number of sulfonamides is 1. The van der Waals surface area contributed by atoms with Gasteiger partial charge in [-0.2, -0.15) is 0 Å². The number of ether oxygens (including phenoxy) is 2. The Morgan fingerprint density at radius 3 is 2.21 bits per heavy atom. The summed E-state index contributed by atoms with van der Waals surface area (Å²) in [5.74, 6) is 0.0164. The van der Waals surface area contributed by atoms with Crippen molar-refractivity contribution in [2.75, 3.05) is 23.4 Å². The van der Waals surface area contributed by atoms with Crippen LogP contribution in [-0.4, -0.2) is 56.3 Å². The molecule has 1 N–H and O–H groups in total. The molecule has 2 aliphatic rings. The summed E-state index contributed by atoms with van der Waals surface area (Å²) in [6.07, 6.45) is 5.37. The Morgan fingerprint density at radius 1 is 0.884 bits per heavy atom. The molecule has 2 amide bonds. The van der Waals surface area contributed by atoms with Gasteiger partial charge in [-0.3, -0.25) is 13.9 Å². The van der Waals surface area contributed by atoms with Crippen LogP contribution in [0.4, 0.5) is 5.69 Å². The Balaban J connectivity index is 1.50. The molecule has 1 aliphatic heterocycles. The van der Waals surface area contributed by atoms with Crippen molar-refractivity contribution in [2.24, 2.45) is 0 Å². The van der Waals surface area contributed by atoms with E-state index in [0.717, 1.165) is 47.5 Å². The summed E-state index contributed by atoms with van der Waals surface area (Å²) >= 11 is 0. The molecule has 1 heterocycles. The minimum atomic E-state index is -3.87. The lowest BCUT2D eigenvalue weighted by atomic mass is 9.94. The number of anilines is 1. The zero-order valence-electron chi connectivity index (χ0n) is 24.5. The molecule has 0 spiro atoms. The van der Waals surface area contributed by atoms with Gasteiger partial charge in [0.25, 0.3) is 0 Å². The number of nitrogens with one attached hydrogen (secondary N) is 1. The highest BCUT2D eigenvalue weighted by molar-refractivity contribution is 7.92. The zero-order valence-corrected chi connectivity index (χ0v) is 25.3. The van der Waals surface area contributed by atoms with E-state index in [9.17, 15) is 18.0 Å². The lowest BCUT2D eigenvalue weighted by molar-refractivity contribution is -0.140. The normalized spacial score (nSPS) is 15.5. The first kappa shape index (κ1) is 30.4. The van der Waals surface area contributed by atoms with Gasteiger partial charge >= 0.3 is 0 Å². The second-order valence-corrected chi connectivity index (χ2v) is 13.2. The molecule has 1 aliphatic carbocycles. The fourth-order valence-corrected chi connectivity index (χ4v) is 6.69. The van der Waals surface area contributed by atoms with E-state index in [2.05, 4.69) is 5.32 Å². The van der Waals surface area contributed by atoms with Crippen LogP contribution in [0.25, 0.3) is 0 Å². The Bertz CT molecular complexity index is 1490. The van der Waals surface area contributed by atoms with Crippen molar-refractivity contribution in [3.05, 3.63) is 90.0 Å². The molecule has 1 atom stereocenters. The molecule has 5 rings (SSSR count). The van der Waals surface area contributed by atoms with Gasteiger partial charge in [0.1, 0.15) is 12.6 Å². The first-order valence-corrected chi connectivity index (χ1v) is 16.5. The van der Waals surface area contributed by atoms with Gasteiger partial charge in [-0.15, -0.1) is 0 Å². The van der Waals surface area contributed by atoms with E-state index in [4.69, 9.17) is 9.47 Å². The number of carbonyl (C=O) groups excluding carboxylic acids is 2. The van der Waals surface area contributed by atoms with Gasteiger partial charge in [0.2, 0.25) is 28.6 Å². The molecule has 0 radical (unpaired) electrons. The maximum atomic E-state index is 14.3. The fourth-order valence-electron chi connectivity index (χ4n) is 5.64. The molecule has 0 aromatic heterocycles. The van der Waals surface area contributed by atoms with Crippen LogP contribution in [0.3, 0.4) is 0 Å². The SMILES string of the molecule is CCS(=O)(=O)N(CC(=O)N(Cc1ccccc1)C(Cc1ccccc1)C(=O)NC1CCCCC1)c1ccc2c(c1)OCO2. The Hall–Kier alpha value is -4.05. The first-order chi connectivity index (χ1) is 20.8. The number of fused-ring (bicyclic) bond motifs is 1. The minimum Gasteiger partial charge on any atom is -0.454 e. The van der Waals surface area contributed by atoms with Crippen molar-refractivity contribution in [1.82, 2.24) is 10.2 Å². The van der Waals surface area contributed by atoms with Crippen LogP contribution in [0.15, 0.2) is 78.9 Å². The third kappa shape index (κ3) is 7.67. The van der Waals surface area contributed by atoms with Crippen molar-refractivity contribution in [3.63, 3.8) is 0 Å². The molecule has 3 aromatic carbocycles. The van der Waals surface area contributed by atoms with Crippen LogP contribution in [0.5, 0.6) is 11.5 Å². The lowest BCUT2D eigenvalue weighted by Crippen LogP contribution is -2.55. The predicted molar refractivity (Wildman–Crippen MR) is 165 cm³/mol. The lowest BCUT2D eigenvalue weighted by Gasteiger charge is -2.35. The molecule has 1 fully saturated rings. The number of amides is 2. The number of hydrogen-bond acceptors (Lipinski definition) is 6. The predicted octanol–water partition coefficient (Wildman–Crippen LogP) is 4.66. The highest BCUT2D eigenvalue weighted by atomic mass is 32.2. The van der Waals surface area contributed by atoms with Crippen LogP contribution >= 0.6 is 0 Å². The van der Waals surface area contributed by atoms with Gasteiger partial charge < -0.3 is 19.7 Å². The molecule has 1 saturated carbocycles. The van der Waals surface area contributed by atoms with Gasteiger partial charge in [-0.25, -0.2) is 8.42 Å². The highest BCUT2D eigenvalue weighted by Crippen LogP contribution is 2.36. The second-order valence-electron chi connectivity index (χ2n) is 11.0. The second kappa shape index (κ2) is 13.9. The fraction of sp³-hybridized carbons (Fsp3) is 0.394. The number of hydrogen-bond donors (Lipinski definition) is 1. The van der Waals surface area contributed by atoms with E-state index in [1.807, 2.05) is 60.7 Å². The van der Waals surface area contributed by atoms with E-state index >= 15 is 0 Å². The van der Waals surface area contributed by atoms with E-state index in [1.165, 1.54) is 11.8 Å². The quantitative estimate of drug-likeness (QED) is 0.322. The minimum absolute atomic E-state index is 0.0420. The Kier molecular flexibility index (Phi) is 9.86. The van der Waals surface area contributed by atoms with Crippen molar-refractivity contribution in [3.8, 4) is 11.5 Å². The van der Waals surface area contributed by atoms with Crippen molar-refractivity contribution >= 4 is 27.5 Å². The molecule has 228 valence electrons. The van der Waals surface area contributed by atoms with Gasteiger partial charge in [0.05, 0.1) is 11.4 Å². The number of carbonyl (C=O) groups is 2. The summed E-state index contributed by atoms with van der Waals surface area (Å²) in [7, 11) is -3.87. The van der Waals surface area contributed by atoms with Gasteiger partial charge in [-0.05, 0) is 43.0 Å². The molecular weight excluding hydrogens is 566 g/mol. The molecule has 9 nitrogen and oxygen atoms in total. The Labute approximate surface area is 253 Å². The molecule has 43 heavy (non-hydrogen) atoms. The summed E-state index contributed by atoms with van der Waals surface area (Å²) in [6, 6.07) is 23.1. The molecule has 10 heteroatoms. The number of benzene rings is 3. The average Bonchev–Trinajstić information content (AvgIpc) is 3.51. The maximum Gasteiger partial charge on any atom is 0.244 e. The number of nitrogens with zero attached hydrogens (tertiary/aromatic N) is 2. The van der Waals surface area contributed by atoms with Crippen LogP contribution in [0.2, 0.25) is 0 Å². The van der Waals surface area contributed by atoms with E-state index in [0.29, 0.717) is 23.6 Å². The van der Waals surface area contributed by atoms with Crippen LogP contribution < -0.4 is 19.1 Å². The van der Waals surface area contributed by atoms with Gasteiger partial charge in [0.15, 0.2) is 11.5 Å². The van der Waals surface area contributed by atoms with Gasteiger partial charge in [0, 0.05) is 25.1 Å². The molecule has 0 saturated heterocycles. The largest absolute Gasteiger partial charge is 0.454 e. The van der Waals surface area contributed by atoms with Crippen LogP contribution in [0, 0.1) is 0 Å². The topological polar surface area (TPSA) is 105 Å². The summed E-state index contributed by atoms with van der Waals surface area (Å²) in [4.78, 5) is 29.9. The van der Waals surface area contributed by atoms with Crippen molar-refractivity contribution in [1.29, 1.82) is 0 Å². The molecule has 3 aromatic rings. The summed E-state index contributed by atoms with van der Waals surface area (Å²) in [5.41, 5.74) is 2.05. The van der Waals surface area contributed by atoms with Crippen molar-refractivity contribution in [2.45, 2.75) is 64.1 Å². The summed E-state index contributed by atoms with van der Waals surface area (Å²) in [6.45, 7) is 1.26. The molecular formula is C33H39N3O6S. The summed E-state index contributed by atoms with van der Waals surface area (Å²) < 4.78 is 38.7. The molecule has 1 unspecified atom stereocenters. The van der Waals surface area contributed by atoms with E-state index < -0.39 is 28.5 Å². The summed E-state index contributed by atoms with van der Waals surface area (Å²) in [5, 5.41) is 3.22. The third-order valence-corrected chi connectivity index (χ3v) is 9.78. The first-order valence-electron chi connectivity index (χ1n) is 14.9. The van der Waals surface area contributed by atoms with E-state index in [-0.39, 0.29) is 31.0 Å². The van der Waals surface area contributed by atoms with Crippen LogP contribution in [-0.2, 0) is 32.6 Å². The highest BCUT2D eigenvalue weighted by Gasteiger charge is 2.35. The average molecular weight is 606 g/mol. The third-order valence-electron chi connectivity index (χ3n) is 8.04. The standard InChI is InChI=1S/C33H39N3O6S/c1-2-43(39,40)36(28-18-19-30-31(21-28)42-24-41-30)23-32(37)35(22-26-14-8-4-9-15-26)29(20-25-12-6-3-7-13-25)33(38)34-27-16-10-5-11-17-27/h3-4,6-9,12-15,18-19,21,27,29H,2,5,10-11,16-17,20,22-24H2,1H3,(H,34,38). The monoisotopic (exact) mass is 605 g/mol. The van der Waals surface area contributed by atoms with Crippen LogP contribution in [0.1, 0.15) is 50.2 Å². The molecule has 0 bridgehead atoms. The van der Waals surface area contributed by atoms with Crippen molar-refractivity contribution < 1.29 is 27.5 Å². The van der Waals surface area contributed by atoms with Gasteiger partial charge in [-0.1, -0.05) is 79.9 Å². The maximum absolute atomic E-state index is 14.3. The zero-order chi connectivity index (χ0) is 30.2.